The third kappa shape index (κ3) is 2.75. The molecule has 0 unspecified atom stereocenters. The first-order valence-electron chi connectivity index (χ1n) is 8.77. The van der Waals surface area contributed by atoms with Crippen LogP contribution in [-0.2, 0) is 6.42 Å². The summed E-state index contributed by atoms with van der Waals surface area (Å²) in [6.45, 7) is 3.53. The molecule has 2 heterocycles. The van der Waals surface area contributed by atoms with Crippen molar-refractivity contribution >= 4 is 11.0 Å². The summed E-state index contributed by atoms with van der Waals surface area (Å²) in [4.78, 5) is 13.0. The second-order valence-electron chi connectivity index (χ2n) is 7.40. The Bertz CT molecular complexity index is 1140. The maximum atomic E-state index is 13.0. The third-order valence-electron chi connectivity index (χ3n) is 5.12. The van der Waals surface area contributed by atoms with Gasteiger partial charge >= 0.3 is 0 Å². The molecule has 0 aliphatic carbocycles. The van der Waals surface area contributed by atoms with Gasteiger partial charge in [-0.25, -0.2) is 0 Å². The van der Waals surface area contributed by atoms with Gasteiger partial charge in [0.1, 0.15) is 45.8 Å². The van der Waals surface area contributed by atoms with Crippen molar-refractivity contribution < 1.29 is 29.2 Å². The Balaban J connectivity index is 1.90. The van der Waals surface area contributed by atoms with Crippen molar-refractivity contribution in [3.63, 3.8) is 0 Å². The molecule has 7 nitrogen and oxygen atoms in total. The Hall–Kier alpha value is -3.19. The minimum Gasteiger partial charge on any atom is -0.507 e. The molecule has 0 bridgehead atoms. The first-order valence-corrected chi connectivity index (χ1v) is 8.77. The molecule has 0 fully saturated rings. The van der Waals surface area contributed by atoms with E-state index in [9.17, 15) is 20.1 Å². The van der Waals surface area contributed by atoms with Crippen molar-refractivity contribution in [3.8, 4) is 34.1 Å². The predicted octanol–water partition coefficient (Wildman–Crippen LogP) is 2.95. The maximum Gasteiger partial charge on any atom is 0.204 e. The lowest BCUT2D eigenvalue weighted by Gasteiger charge is -2.37. The Labute approximate surface area is 160 Å². The largest absolute Gasteiger partial charge is 0.507 e. The molecule has 146 valence electrons. The van der Waals surface area contributed by atoms with Crippen molar-refractivity contribution in [2.24, 2.45) is 0 Å². The molecule has 2 aromatic carbocycles. The van der Waals surface area contributed by atoms with Crippen molar-refractivity contribution in [2.75, 3.05) is 7.11 Å². The van der Waals surface area contributed by atoms with E-state index in [-0.39, 0.29) is 33.6 Å². The summed E-state index contributed by atoms with van der Waals surface area (Å²) in [6.07, 6.45) is 0.813. The zero-order valence-electron chi connectivity index (χ0n) is 15.6. The highest BCUT2D eigenvalue weighted by Crippen LogP contribution is 2.41. The average Bonchev–Trinajstić information content (AvgIpc) is 2.62. The van der Waals surface area contributed by atoms with Crippen LogP contribution in [0.2, 0.25) is 0 Å². The van der Waals surface area contributed by atoms with Gasteiger partial charge in [0.15, 0.2) is 0 Å². The van der Waals surface area contributed by atoms with Crippen molar-refractivity contribution in [2.45, 2.75) is 32.0 Å². The number of aliphatic hydroxyl groups is 1. The van der Waals surface area contributed by atoms with E-state index in [1.165, 1.54) is 31.6 Å². The SMILES string of the molecule is COc1cc(O)c2c(=O)c(-c3cc4c(cc3O)OC(C)(C)[C@H](O)C4)coc2c1. The van der Waals surface area contributed by atoms with Crippen LogP contribution in [0.4, 0.5) is 0 Å². The number of aromatic hydroxyl groups is 2. The van der Waals surface area contributed by atoms with Gasteiger partial charge in [-0.1, -0.05) is 0 Å². The van der Waals surface area contributed by atoms with Gasteiger partial charge in [0.25, 0.3) is 0 Å². The molecule has 3 N–H and O–H groups in total. The van der Waals surface area contributed by atoms with Gasteiger partial charge in [0.2, 0.25) is 5.43 Å². The molecule has 3 aromatic rings. The van der Waals surface area contributed by atoms with Crippen molar-refractivity contribution in [3.05, 3.63) is 46.3 Å². The van der Waals surface area contributed by atoms with Crippen LogP contribution in [0.5, 0.6) is 23.0 Å². The van der Waals surface area contributed by atoms with Crippen LogP contribution in [0.3, 0.4) is 0 Å². The summed E-state index contributed by atoms with van der Waals surface area (Å²) >= 11 is 0. The fraction of sp³-hybridized carbons (Fsp3) is 0.286. The lowest BCUT2D eigenvalue weighted by Crippen LogP contribution is -2.46. The first-order chi connectivity index (χ1) is 13.2. The van der Waals surface area contributed by atoms with Gasteiger partial charge in [0.05, 0.1) is 18.8 Å². The Morgan fingerprint density at radius 1 is 1.11 bits per heavy atom. The van der Waals surface area contributed by atoms with Crippen LogP contribution in [0, 0.1) is 0 Å². The molecular formula is C21H20O7. The Morgan fingerprint density at radius 3 is 2.57 bits per heavy atom. The smallest absolute Gasteiger partial charge is 0.204 e. The summed E-state index contributed by atoms with van der Waals surface area (Å²) in [7, 11) is 1.44. The van der Waals surface area contributed by atoms with Crippen LogP contribution in [0.25, 0.3) is 22.1 Å². The monoisotopic (exact) mass is 384 g/mol. The minimum atomic E-state index is -0.784. The number of aliphatic hydroxyl groups excluding tert-OH is 1. The highest BCUT2D eigenvalue weighted by molar-refractivity contribution is 5.89. The predicted molar refractivity (Wildman–Crippen MR) is 102 cm³/mol. The normalized spacial score (nSPS) is 17.8. The van der Waals surface area contributed by atoms with Crippen LogP contribution in [0.1, 0.15) is 19.4 Å². The van der Waals surface area contributed by atoms with Gasteiger partial charge < -0.3 is 29.2 Å². The van der Waals surface area contributed by atoms with E-state index in [0.717, 1.165) is 0 Å². The highest BCUT2D eigenvalue weighted by Gasteiger charge is 2.36. The molecule has 28 heavy (non-hydrogen) atoms. The molecule has 0 spiro atoms. The first kappa shape index (κ1) is 18.2. The summed E-state index contributed by atoms with van der Waals surface area (Å²) in [5.74, 6) is 0.370. The van der Waals surface area contributed by atoms with Crippen LogP contribution < -0.4 is 14.9 Å². The molecule has 1 atom stereocenters. The molecule has 0 amide bonds. The number of hydrogen-bond acceptors (Lipinski definition) is 7. The van der Waals surface area contributed by atoms with E-state index in [1.807, 2.05) is 0 Å². The van der Waals surface area contributed by atoms with E-state index >= 15 is 0 Å². The van der Waals surface area contributed by atoms with Crippen LogP contribution in [-0.4, -0.2) is 34.1 Å². The number of methoxy groups -OCH3 is 1. The molecule has 0 saturated carbocycles. The second-order valence-corrected chi connectivity index (χ2v) is 7.40. The maximum absolute atomic E-state index is 13.0. The zero-order valence-corrected chi connectivity index (χ0v) is 15.6. The fourth-order valence-corrected chi connectivity index (χ4v) is 3.40. The summed E-state index contributed by atoms with van der Waals surface area (Å²) in [6, 6.07) is 5.85. The van der Waals surface area contributed by atoms with Crippen molar-refractivity contribution in [1.29, 1.82) is 0 Å². The average molecular weight is 384 g/mol. The molecular weight excluding hydrogens is 364 g/mol. The standard InChI is InChI=1S/C21H20O7/c1-21(2)18(24)5-10-4-12(14(22)8-16(10)28-21)13-9-27-17-7-11(26-3)6-15(23)19(17)20(13)25/h4,6-9,18,22-24H,5H2,1-3H3/t18-/m1/s1. The molecule has 1 aliphatic heterocycles. The molecule has 4 rings (SSSR count). The Morgan fingerprint density at radius 2 is 1.86 bits per heavy atom. The minimum absolute atomic E-state index is 0.00663. The topological polar surface area (TPSA) is 109 Å². The van der Waals surface area contributed by atoms with E-state index < -0.39 is 17.1 Å². The van der Waals surface area contributed by atoms with Crippen LogP contribution in [0.15, 0.2) is 39.7 Å². The lowest BCUT2D eigenvalue weighted by molar-refractivity contribution is -0.0412. The lowest BCUT2D eigenvalue weighted by atomic mass is 9.89. The van der Waals surface area contributed by atoms with Crippen molar-refractivity contribution in [1.82, 2.24) is 0 Å². The molecule has 1 aromatic heterocycles. The van der Waals surface area contributed by atoms with Gasteiger partial charge in [-0.3, -0.25) is 4.79 Å². The Kier molecular flexibility index (Phi) is 4.01. The van der Waals surface area contributed by atoms with Gasteiger partial charge in [0, 0.05) is 30.2 Å². The molecule has 1 aliphatic rings. The quantitative estimate of drug-likeness (QED) is 0.623. The molecule has 7 heteroatoms. The van der Waals surface area contributed by atoms with E-state index in [1.54, 1.807) is 19.9 Å². The second kappa shape index (κ2) is 6.17. The van der Waals surface area contributed by atoms with E-state index in [0.29, 0.717) is 23.5 Å². The van der Waals surface area contributed by atoms with Gasteiger partial charge in [-0.2, -0.15) is 0 Å². The highest BCUT2D eigenvalue weighted by atomic mass is 16.5. The number of benzene rings is 2. The zero-order chi connectivity index (χ0) is 20.2. The third-order valence-corrected chi connectivity index (χ3v) is 5.12. The fourth-order valence-electron chi connectivity index (χ4n) is 3.40. The number of rotatable bonds is 2. The number of phenolic OH excluding ortho intramolecular Hbond substituents is 2. The summed E-state index contributed by atoms with van der Waals surface area (Å²) in [5.41, 5.74) is -0.114. The number of fused-ring (bicyclic) bond motifs is 2. The summed E-state index contributed by atoms with van der Waals surface area (Å²) < 4.78 is 16.4. The van der Waals surface area contributed by atoms with Gasteiger partial charge in [-0.05, 0) is 25.5 Å². The summed E-state index contributed by atoms with van der Waals surface area (Å²) in [5, 5.41) is 31.0. The van der Waals surface area contributed by atoms with Crippen LogP contribution >= 0.6 is 0 Å². The van der Waals surface area contributed by atoms with Gasteiger partial charge in [-0.15, -0.1) is 0 Å². The van der Waals surface area contributed by atoms with E-state index in [4.69, 9.17) is 13.9 Å². The number of phenols is 2. The van der Waals surface area contributed by atoms with E-state index in [2.05, 4.69) is 0 Å². The molecule has 0 radical (unpaired) electrons. The number of ether oxygens (including phenoxy) is 2. The number of hydrogen-bond donors (Lipinski definition) is 3. The molecule has 0 saturated heterocycles.